The van der Waals surface area contributed by atoms with Gasteiger partial charge in [0.05, 0.1) is 17.7 Å². The van der Waals surface area contributed by atoms with Gasteiger partial charge in [0.25, 0.3) is 10.0 Å². The summed E-state index contributed by atoms with van der Waals surface area (Å²) >= 11 is 0. The highest BCUT2D eigenvalue weighted by Crippen LogP contribution is 2.28. The third-order valence-electron chi connectivity index (χ3n) is 3.72. The molecule has 0 spiro atoms. The lowest BCUT2D eigenvalue weighted by molar-refractivity contribution is 0.414. The number of para-hydroxylation sites is 1. The molecule has 0 heterocycles. The standard InChI is InChI=1S/C17H21NO3S/c1-4-13(2)16-7-5-6-8-17(16)18-22(19,20)15-11-9-14(21-3)10-12-15/h5-13,18H,4H2,1-3H3. The Hall–Kier alpha value is -2.01. The second-order valence-corrected chi connectivity index (χ2v) is 6.86. The van der Waals surface area contributed by atoms with Crippen molar-refractivity contribution in [1.29, 1.82) is 0 Å². The monoisotopic (exact) mass is 319 g/mol. The van der Waals surface area contributed by atoms with Crippen molar-refractivity contribution in [3.8, 4) is 5.75 Å². The molecule has 0 aromatic heterocycles. The molecule has 0 radical (unpaired) electrons. The van der Waals surface area contributed by atoms with E-state index in [0.717, 1.165) is 12.0 Å². The predicted octanol–water partition coefficient (Wildman–Crippen LogP) is 4.01. The van der Waals surface area contributed by atoms with E-state index in [0.29, 0.717) is 11.4 Å². The summed E-state index contributed by atoms with van der Waals surface area (Å²) < 4.78 is 32.8. The maximum Gasteiger partial charge on any atom is 0.261 e. The lowest BCUT2D eigenvalue weighted by Crippen LogP contribution is -2.14. The van der Waals surface area contributed by atoms with Crippen LogP contribution in [0, 0.1) is 0 Å². The lowest BCUT2D eigenvalue weighted by Gasteiger charge is -2.16. The average Bonchev–Trinajstić information content (AvgIpc) is 2.54. The number of ether oxygens (including phenoxy) is 1. The maximum absolute atomic E-state index is 12.5. The molecule has 1 unspecified atom stereocenters. The molecular formula is C17H21NO3S. The zero-order valence-corrected chi connectivity index (χ0v) is 13.9. The predicted molar refractivity (Wildman–Crippen MR) is 89.0 cm³/mol. The number of sulfonamides is 1. The Balaban J connectivity index is 2.32. The van der Waals surface area contributed by atoms with Crippen LogP contribution in [0.25, 0.3) is 0 Å². The topological polar surface area (TPSA) is 55.4 Å². The number of nitrogens with one attached hydrogen (secondary N) is 1. The van der Waals surface area contributed by atoms with Gasteiger partial charge in [0, 0.05) is 0 Å². The van der Waals surface area contributed by atoms with E-state index in [2.05, 4.69) is 18.6 Å². The van der Waals surface area contributed by atoms with Crippen LogP contribution in [-0.2, 0) is 10.0 Å². The van der Waals surface area contributed by atoms with Gasteiger partial charge in [-0.05, 0) is 48.2 Å². The van der Waals surface area contributed by atoms with Crippen molar-refractivity contribution in [2.24, 2.45) is 0 Å². The molecule has 0 saturated carbocycles. The second kappa shape index (κ2) is 6.83. The Morgan fingerprint density at radius 1 is 1.09 bits per heavy atom. The third kappa shape index (κ3) is 3.60. The number of methoxy groups -OCH3 is 1. The molecule has 0 bridgehead atoms. The molecule has 4 nitrogen and oxygen atoms in total. The molecule has 118 valence electrons. The fourth-order valence-corrected chi connectivity index (χ4v) is 3.29. The first-order chi connectivity index (χ1) is 10.5. The highest BCUT2D eigenvalue weighted by Gasteiger charge is 2.17. The van der Waals surface area contributed by atoms with Crippen LogP contribution in [0.4, 0.5) is 5.69 Å². The Kier molecular flexibility index (Phi) is 5.08. The minimum Gasteiger partial charge on any atom is -0.497 e. The first kappa shape index (κ1) is 16.4. The van der Waals surface area contributed by atoms with Gasteiger partial charge in [-0.3, -0.25) is 4.72 Å². The lowest BCUT2D eigenvalue weighted by atomic mass is 9.97. The van der Waals surface area contributed by atoms with Crippen LogP contribution in [0.15, 0.2) is 53.4 Å². The zero-order chi connectivity index (χ0) is 16.2. The van der Waals surface area contributed by atoms with Crippen LogP contribution >= 0.6 is 0 Å². The number of benzene rings is 2. The SMILES string of the molecule is CCC(C)c1ccccc1NS(=O)(=O)c1ccc(OC)cc1. The van der Waals surface area contributed by atoms with Crippen molar-refractivity contribution in [1.82, 2.24) is 0 Å². The van der Waals surface area contributed by atoms with Gasteiger partial charge in [0.2, 0.25) is 0 Å². The molecule has 0 aliphatic heterocycles. The summed E-state index contributed by atoms with van der Waals surface area (Å²) in [6.07, 6.45) is 0.946. The van der Waals surface area contributed by atoms with E-state index < -0.39 is 10.0 Å². The van der Waals surface area contributed by atoms with Crippen LogP contribution < -0.4 is 9.46 Å². The molecular weight excluding hydrogens is 298 g/mol. The molecule has 1 N–H and O–H groups in total. The molecule has 2 aromatic rings. The highest BCUT2D eigenvalue weighted by atomic mass is 32.2. The van der Waals surface area contributed by atoms with Crippen LogP contribution in [0.3, 0.4) is 0 Å². The minimum atomic E-state index is -3.61. The van der Waals surface area contributed by atoms with Gasteiger partial charge in [-0.25, -0.2) is 8.42 Å². The van der Waals surface area contributed by atoms with E-state index in [1.807, 2.05) is 18.2 Å². The molecule has 0 amide bonds. The number of hydrogen-bond acceptors (Lipinski definition) is 3. The smallest absolute Gasteiger partial charge is 0.261 e. The number of rotatable bonds is 6. The summed E-state index contributed by atoms with van der Waals surface area (Å²) in [4.78, 5) is 0.215. The summed E-state index contributed by atoms with van der Waals surface area (Å²) in [5.74, 6) is 0.911. The summed E-state index contributed by atoms with van der Waals surface area (Å²) in [5, 5.41) is 0. The van der Waals surface area contributed by atoms with Crippen molar-refractivity contribution in [2.45, 2.75) is 31.1 Å². The molecule has 2 rings (SSSR count). The van der Waals surface area contributed by atoms with Gasteiger partial charge >= 0.3 is 0 Å². The van der Waals surface area contributed by atoms with Gasteiger partial charge in [0.15, 0.2) is 0 Å². The molecule has 0 aliphatic rings. The molecule has 0 fully saturated rings. The van der Waals surface area contributed by atoms with Crippen LogP contribution in [0.5, 0.6) is 5.75 Å². The minimum absolute atomic E-state index is 0.215. The Labute approximate surface area is 132 Å². The molecule has 0 saturated heterocycles. The van der Waals surface area contributed by atoms with Gasteiger partial charge in [-0.2, -0.15) is 0 Å². The average molecular weight is 319 g/mol. The van der Waals surface area contributed by atoms with Crippen LogP contribution in [0.1, 0.15) is 31.7 Å². The summed E-state index contributed by atoms with van der Waals surface area (Å²) in [5.41, 5.74) is 1.63. The summed E-state index contributed by atoms with van der Waals surface area (Å²) in [7, 11) is -2.06. The first-order valence-electron chi connectivity index (χ1n) is 7.23. The molecule has 5 heteroatoms. The van der Waals surface area contributed by atoms with Gasteiger partial charge in [-0.15, -0.1) is 0 Å². The maximum atomic E-state index is 12.5. The van der Waals surface area contributed by atoms with Crippen molar-refractivity contribution in [3.05, 3.63) is 54.1 Å². The van der Waals surface area contributed by atoms with Crippen LogP contribution in [0.2, 0.25) is 0 Å². The largest absolute Gasteiger partial charge is 0.497 e. The molecule has 0 aliphatic carbocycles. The Morgan fingerprint density at radius 3 is 2.32 bits per heavy atom. The Morgan fingerprint density at radius 2 is 1.73 bits per heavy atom. The second-order valence-electron chi connectivity index (χ2n) is 5.18. The zero-order valence-electron chi connectivity index (χ0n) is 13.0. The van der Waals surface area contributed by atoms with Crippen LogP contribution in [-0.4, -0.2) is 15.5 Å². The van der Waals surface area contributed by atoms with E-state index in [1.54, 1.807) is 25.3 Å². The third-order valence-corrected chi connectivity index (χ3v) is 5.10. The fraction of sp³-hybridized carbons (Fsp3) is 0.294. The normalized spacial score (nSPS) is 12.7. The quantitative estimate of drug-likeness (QED) is 0.875. The number of anilines is 1. The highest BCUT2D eigenvalue weighted by molar-refractivity contribution is 7.92. The number of hydrogen-bond donors (Lipinski definition) is 1. The first-order valence-corrected chi connectivity index (χ1v) is 8.72. The molecule has 22 heavy (non-hydrogen) atoms. The van der Waals surface area contributed by atoms with Crippen molar-refractivity contribution in [3.63, 3.8) is 0 Å². The molecule has 1 atom stereocenters. The van der Waals surface area contributed by atoms with E-state index in [-0.39, 0.29) is 10.8 Å². The summed E-state index contributed by atoms with van der Waals surface area (Å²) in [6, 6.07) is 13.8. The van der Waals surface area contributed by atoms with Crippen molar-refractivity contribution < 1.29 is 13.2 Å². The summed E-state index contributed by atoms with van der Waals surface area (Å²) in [6.45, 7) is 4.17. The Bertz CT molecular complexity index is 724. The van der Waals surface area contributed by atoms with Crippen molar-refractivity contribution in [2.75, 3.05) is 11.8 Å². The van der Waals surface area contributed by atoms with E-state index in [1.165, 1.54) is 12.1 Å². The van der Waals surface area contributed by atoms with Gasteiger partial charge in [-0.1, -0.05) is 32.0 Å². The van der Waals surface area contributed by atoms with Crippen molar-refractivity contribution >= 4 is 15.7 Å². The van der Waals surface area contributed by atoms with E-state index >= 15 is 0 Å². The van der Waals surface area contributed by atoms with E-state index in [9.17, 15) is 8.42 Å². The van der Waals surface area contributed by atoms with E-state index in [4.69, 9.17) is 4.74 Å². The van der Waals surface area contributed by atoms with Gasteiger partial charge < -0.3 is 4.74 Å². The molecule has 2 aromatic carbocycles. The van der Waals surface area contributed by atoms with Gasteiger partial charge in [0.1, 0.15) is 5.75 Å². The fourth-order valence-electron chi connectivity index (χ4n) is 2.20.